The second-order valence-electron chi connectivity index (χ2n) is 5.35. The minimum Gasteiger partial charge on any atom is -0.311 e. The van der Waals surface area contributed by atoms with Gasteiger partial charge in [-0.1, -0.05) is 0 Å². The first-order valence-electron chi connectivity index (χ1n) is 6.50. The van der Waals surface area contributed by atoms with Crippen molar-refractivity contribution in [1.29, 1.82) is 0 Å². The number of hydrogen-bond acceptors (Lipinski definition) is 2. The lowest BCUT2D eigenvalue weighted by Crippen LogP contribution is -2.32. The van der Waals surface area contributed by atoms with Crippen LogP contribution in [0.3, 0.4) is 0 Å². The predicted molar refractivity (Wildman–Crippen MR) is 73.2 cm³/mol. The lowest BCUT2D eigenvalue weighted by atomic mass is 10.1. The van der Waals surface area contributed by atoms with Crippen LogP contribution in [0.5, 0.6) is 0 Å². The van der Waals surface area contributed by atoms with Gasteiger partial charge in [-0.3, -0.25) is 0 Å². The Hall–Kier alpha value is -0.750. The largest absolute Gasteiger partial charge is 0.416 e. The molecule has 0 amide bonds. The topological polar surface area (TPSA) is 12.0 Å². The van der Waals surface area contributed by atoms with Crippen molar-refractivity contribution in [2.24, 2.45) is 0 Å². The van der Waals surface area contributed by atoms with E-state index in [0.29, 0.717) is 11.6 Å². The van der Waals surface area contributed by atoms with Gasteiger partial charge in [0.25, 0.3) is 0 Å². The first-order chi connectivity index (χ1) is 9.28. The third-order valence-electron chi connectivity index (χ3n) is 3.41. The molecule has 1 fully saturated rings. The second kappa shape index (κ2) is 5.93. The van der Waals surface area contributed by atoms with Crippen LogP contribution in [0.2, 0.25) is 0 Å². The Morgan fingerprint density at radius 1 is 1.30 bits per heavy atom. The van der Waals surface area contributed by atoms with E-state index in [-0.39, 0.29) is 11.3 Å². The highest BCUT2D eigenvalue weighted by Crippen LogP contribution is 2.37. The van der Waals surface area contributed by atoms with Crippen LogP contribution in [-0.4, -0.2) is 17.0 Å². The molecule has 1 heterocycles. The number of thioether (sulfide) groups is 1. The van der Waals surface area contributed by atoms with E-state index in [2.05, 4.69) is 12.2 Å². The number of benzene rings is 1. The Bertz CT molecular complexity index is 467. The van der Waals surface area contributed by atoms with E-state index in [0.717, 1.165) is 30.9 Å². The standard InChI is InChI=1S/C14H17F4NS/c1-13(3-2-4-20-13)9-19-8-10-5-11(14(16,17)18)7-12(15)6-10/h5-7,19H,2-4,8-9H2,1H3. The number of rotatable bonds is 4. The number of nitrogens with one attached hydrogen (secondary N) is 1. The van der Waals surface area contributed by atoms with Gasteiger partial charge in [-0.15, -0.1) is 0 Å². The average molecular weight is 307 g/mol. The zero-order valence-corrected chi connectivity index (χ0v) is 12.0. The van der Waals surface area contributed by atoms with Gasteiger partial charge in [0.1, 0.15) is 5.82 Å². The third-order valence-corrected chi connectivity index (χ3v) is 4.95. The van der Waals surface area contributed by atoms with Crippen molar-refractivity contribution in [1.82, 2.24) is 5.32 Å². The third kappa shape index (κ3) is 4.12. The fourth-order valence-electron chi connectivity index (χ4n) is 2.36. The van der Waals surface area contributed by atoms with Gasteiger partial charge in [-0.2, -0.15) is 24.9 Å². The SMILES string of the molecule is CC1(CNCc2cc(F)cc(C(F)(F)F)c2)CCCS1. The summed E-state index contributed by atoms with van der Waals surface area (Å²) in [6.07, 6.45) is -2.24. The van der Waals surface area contributed by atoms with Crippen LogP contribution in [0.15, 0.2) is 18.2 Å². The van der Waals surface area contributed by atoms with E-state index in [1.807, 2.05) is 11.8 Å². The van der Waals surface area contributed by atoms with Crippen LogP contribution in [0.4, 0.5) is 17.6 Å². The van der Waals surface area contributed by atoms with E-state index in [4.69, 9.17) is 0 Å². The van der Waals surface area contributed by atoms with Crippen molar-refractivity contribution in [2.75, 3.05) is 12.3 Å². The second-order valence-corrected chi connectivity index (χ2v) is 7.03. The van der Waals surface area contributed by atoms with Crippen molar-refractivity contribution in [3.05, 3.63) is 35.1 Å². The normalized spacial score (nSPS) is 23.2. The maximum atomic E-state index is 13.2. The Morgan fingerprint density at radius 3 is 2.65 bits per heavy atom. The highest BCUT2D eigenvalue weighted by atomic mass is 32.2. The van der Waals surface area contributed by atoms with Gasteiger partial charge in [-0.05, 0) is 49.3 Å². The first kappa shape index (κ1) is 15.6. The average Bonchev–Trinajstić information content (AvgIpc) is 2.74. The monoisotopic (exact) mass is 307 g/mol. The molecule has 2 rings (SSSR count). The molecule has 6 heteroatoms. The molecule has 1 unspecified atom stereocenters. The molecular formula is C14H17F4NS. The summed E-state index contributed by atoms with van der Waals surface area (Å²) in [6.45, 7) is 3.11. The predicted octanol–water partition coefficient (Wildman–Crippen LogP) is 4.22. The summed E-state index contributed by atoms with van der Waals surface area (Å²) in [5, 5.41) is 3.14. The molecule has 1 aromatic rings. The van der Waals surface area contributed by atoms with Crippen molar-refractivity contribution >= 4 is 11.8 Å². The van der Waals surface area contributed by atoms with Crippen molar-refractivity contribution in [2.45, 2.75) is 37.2 Å². The Morgan fingerprint density at radius 2 is 2.05 bits per heavy atom. The zero-order chi connectivity index (χ0) is 14.8. The van der Waals surface area contributed by atoms with Crippen LogP contribution in [0.25, 0.3) is 0 Å². The van der Waals surface area contributed by atoms with Crippen LogP contribution < -0.4 is 5.32 Å². The molecule has 1 aliphatic heterocycles. The van der Waals surface area contributed by atoms with E-state index in [9.17, 15) is 17.6 Å². The fraction of sp³-hybridized carbons (Fsp3) is 0.571. The van der Waals surface area contributed by atoms with Crippen molar-refractivity contribution in [3.8, 4) is 0 Å². The minimum atomic E-state index is -4.51. The van der Waals surface area contributed by atoms with Gasteiger partial charge >= 0.3 is 6.18 Å². The molecule has 0 aromatic heterocycles. The number of alkyl halides is 3. The maximum absolute atomic E-state index is 13.2. The van der Waals surface area contributed by atoms with Crippen LogP contribution >= 0.6 is 11.8 Å². The molecule has 20 heavy (non-hydrogen) atoms. The summed E-state index contributed by atoms with van der Waals surface area (Å²) in [5.41, 5.74) is -0.611. The summed E-state index contributed by atoms with van der Waals surface area (Å²) in [6, 6.07) is 2.67. The summed E-state index contributed by atoms with van der Waals surface area (Å²) < 4.78 is 51.1. The van der Waals surface area contributed by atoms with Crippen LogP contribution in [-0.2, 0) is 12.7 Å². The smallest absolute Gasteiger partial charge is 0.311 e. The molecule has 0 aliphatic carbocycles. The van der Waals surface area contributed by atoms with Crippen molar-refractivity contribution < 1.29 is 17.6 Å². The van der Waals surface area contributed by atoms with E-state index in [1.165, 1.54) is 6.42 Å². The first-order valence-corrected chi connectivity index (χ1v) is 7.48. The maximum Gasteiger partial charge on any atom is 0.416 e. The van der Waals surface area contributed by atoms with E-state index >= 15 is 0 Å². The molecule has 1 atom stereocenters. The molecule has 0 saturated carbocycles. The number of halogens is 4. The molecule has 1 nitrogen and oxygen atoms in total. The molecule has 1 N–H and O–H groups in total. The number of hydrogen-bond donors (Lipinski definition) is 1. The molecule has 1 aromatic carbocycles. The van der Waals surface area contributed by atoms with E-state index < -0.39 is 17.6 Å². The zero-order valence-electron chi connectivity index (χ0n) is 11.2. The highest BCUT2D eigenvalue weighted by Gasteiger charge is 2.31. The highest BCUT2D eigenvalue weighted by molar-refractivity contribution is 8.00. The van der Waals surface area contributed by atoms with Crippen molar-refractivity contribution in [3.63, 3.8) is 0 Å². The minimum absolute atomic E-state index is 0.139. The molecule has 0 spiro atoms. The lowest BCUT2D eigenvalue weighted by Gasteiger charge is -2.23. The fourth-order valence-corrected chi connectivity index (χ4v) is 3.64. The van der Waals surface area contributed by atoms with Gasteiger partial charge in [0.2, 0.25) is 0 Å². The Labute approximate surface area is 120 Å². The van der Waals surface area contributed by atoms with Crippen LogP contribution in [0.1, 0.15) is 30.9 Å². The lowest BCUT2D eigenvalue weighted by molar-refractivity contribution is -0.137. The summed E-state index contributed by atoms with van der Waals surface area (Å²) in [4.78, 5) is 0. The molecule has 0 radical (unpaired) electrons. The van der Waals surface area contributed by atoms with Crippen LogP contribution in [0, 0.1) is 5.82 Å². The van der Waals surface area contributed by atoms with Gasteiger partial charge in [0, 0.05) is 17.8 Å². The Kier molecular flexibility index (Phi) is 4.64. The summed E-state index contributed by atoms with van der Waals surface area (Å²) in [5.74, 6) is 0.272. The molecule has 0 bridgehead atoms. The van der Waals surface area contributed by atoms with E-state index in [1.54, 1.807) is 0 Å². The van der Waals surface area contributed by atoms with Gasteiger partial charge in [0.15, 0.2) is 0 Å². The summed E-state index contributed by atoms with van der Waals surface area (Å²) >= 11 is 1.87. The summed E-state index contributed by atoms with van der Waals surface area (Å²) in [7, 11) is 0. The Balaban J connectivity index is 1.97. The van der Waals surface area contributed by atoms with Gasteiger partial charge in [-0.25, -0.2) is 4.39 Å². The van der Waals surface area contributed by atoms with Gasteiger partial charge in [0.05, 0.1) is 5.56 Å². The van der Waals surface area contributed by atoms with Gasteiger partial charge < -0.3 is 5.32 Å². The molecular weight excluding hydrogens is 290 g/mol. The molecule has 112 valence electrons. The molecule has 1 aliphatic rings. The molecule has 1 saturated heterocycles. The quantitative estimate of drug-likeness (QED) is 0.836.